The van der Waals surface area contributed by atoms with Crippen molar-refractivity contribution in [2.45, 2.75) is 111 Å². The molecule has 0 aliphatic rings. The first-order chi connectivity index (χ1) is 34.3. The third kappa shape index (κ3) is 9.06. The molecule has 0 spiro atoms. The predicted molar refractivity (Wildman–Crippen MR) is 299 cm³/mol. The van der Waals surface area contributed by atoms with E-state index in [1.54, 1.807) is 0 Å². The molecule has 7 aromatic carbocycles. The maximum Gasteiger partial charge on any atom is 0.269 e. The molecule has 0 aliphatic heterocycles. The fourth-order valence-electron chi connectivity index (χ4n) is 10.3. The molecule has 0 N–H and O–H groups in total. The van der Waals surface area contributed by atoms with Crippen LogP contribution in [0, 0.1) is 6.33 Å². The fraction of sp³-hybridized carbons (Fsp3) is 0.254. The van der Waals surface area contributed by atoms with Crippen LogP contribution in [0.5, 0.6) is 11.5 Å². The lowest BCUT2D eigenvalue weighted by Gasteiger charge is -2.28. The van der Waals surface area contributed by atoms with Crippen LogP contribution in [0.1, 0.15) is 128 Å². The van der Waals surface area contributed by atoms with Crippen molar-refractivity contribution in [2.24, 2.45) is 0 Å². The van der Waals surface area contributed by atoms with Gasteiger partial charge in [0, 0.05) is 40.1 Å². The van der Waals surface area contributed by atoms with Crippen LogP contribution in [0.2, 0.25) is 0 Å². The largest absolute Gasteiger partial charge is 0.458 e. The Morgan fingerprint density at radius 2 is 1.14 bits per heavy atom. The number of ether oxygens (including phenoxy) is 1. The van der Waals surface area contributed by atoms with Crippen LogP contribution >= 0.6 is 0 Å². The summed E-state index contributed by atoms with van der Waals surface area (Å²) >= 11 is 0. The van der Waals surface area contributed by atoms with Crippen LogP contribution in [0.25, 0.3) is 50.3 Å². The van der Waals surface area contributed by atoms with Crippen molar-refractivity contribution in [1.82, 2.24) is 14.1 Å². The first-order valence-corrected chi connectivity index (χ1v) is 25.5. The lowest BCUT2D eigenvalue weighted by atomic mass is 9.78. The second kappa shape index (κ2) is 18.3. The van der Waals surface area contributed by atoms with Crippen molar-refractivity contribution in [2.75, 3.05) is 0 Å². The quantitative estimate of drug-likeness (QED) is 0.0957. The van der Waals surface area contributed by atoms with E-state index in [4.69, 9.17) is 9.72 Å². The van der Waals surface area contributed by atoms with Gasteiger partial charge in [-0.15, -0.1) is 0 Å². The van der Waals surface area contributed by atoms with Gasteiger partial charge in [0.05, 0.1) is 28.1 Å². The molecule has 0 saturated heterocycles. The second-order valence-corrected chi connectivity index (χ2v) is 23.1. The number of benzene rings is 7. The van der Waals surface area contributed by atoms with Crippen molar-refractivity contribution in [3.63, 3.8) is 0 Å². The number of hydrogen-bond donors (Lipinski definition) is 0. The molecule has 362 valence electrons. The highest BCUT2D eigenvalue weighted by atomic mass is 16.5. The Morgan fingerprint density at radius 3 is 1.82 bits per heavy atom. The third-order valence-corrected chi connectivity index (χ3v) is 14.9. The van der Waals surface area contributed by atoms with Gasteiger partial charge < -0.3 is 4.74 Å². The summed E-state index contributed by atoms with van der Waals surface area (Å²) in [6.07, 6.45) is 8.02. The smallest absolute Gasteiger partial charge is 0.269 e. The first kappa shape index (κ1) is 48.1. The highest BCUT2D eigenvalue weighted by molar-refractivity contribution is 6.10. The zero-order valence-corrected chi connectivity index (χ0v) is 44.2. The molecular weight excluding hydrogens is 877 g/mol. The third-order valence-electron chi connectivity index (χ3n) is 14.9. The minimum absolute atomic E-state index is 0.0115. The van der Waals surface area contributed by atoms with Gasteiger partial charge in [-0.3, -0.25) is 13.7 Å². The number of nitrogens with zero attached hydrogens (tertiary/aromatic N) is 4. The number of hydrogen-bond acceptors (Lipinski definition) is 2. The highest BCUT2D eigenvalue weighted by Crippen LogP contribution is 2.42. The molecular formula is C67H68N4O. The average molecular weight is 945 g/mol. The molecule has 0 aliphatic carbocycles. The van der Waals surface area contributed by atoms with E-state index in [9.17, 15) is 0 Å². The van der Waals surface area contributed by atoms with E-state index < -0.39 is 0 Å². The Kier molecular flexibility index (Phi) is 12.2. The Hall–Kier alpha value is -7.50. The zero-order chi connectivity index (χ0) is 50.7. The van der Waals surface area contributed by atoms with Gasteiger partial charge in [0.15, 0.2) is 0 Å². The molecule has 3 heterocycles. The molecule has 72 heavy (non-hydrogen) atoms. The Balaban J connectivity index is 1.17. The number of imidazole rings is 1. The molecule has 0 unspecified atom stereocenters. The number of pyridine rings is 1. The summed E-state index contributed by atoms with van der Waals surface area (Å²) in [5, 5.41) is 2.31. The van der Waals surface area contributed by atoms with E-state index in [0.29, 0.717) is 5.92 Å². The highest BCUT2D eigenvalue weighted by Gasteiger charge is 2.28. The van der Waals surface area contributed by atoms with Crippen LogP contribution in [0.3, 0.4) is 0 Å². The van der Waals surface area contributed by atoms with E-state index in [0.717, 1.165) is 56.4 Å². The Bertz CT molecular complexity index is 3590. The van der Waals surface area contributed by atoms with Gasteiger partial charge in [-0.2, -0.15) is 0 Å². The van der Waals surface area contributed by atoms with Crippen LogP contribution in [0.15, 0.2) is 188 Å². The lowest BCUT2D eigenvalue weighted by molar-refractivity contribution is -0.599. The Labute approximate surface area is 427 Å². The summed E-state index contributed by atoms with van der Waals surface area (Å²) < 4.78 is 13.9. The van der Waals surface area contributed by atoms with Gasteiger partial charge in [-0.1, -0.05) is 186 Å². The molecule has 5 heteroatoms. The molecule has 0 amide bonds. The van der Waals surface area contributed by atoms with Crippen LogP contribution < -0.4 is 9.30 Å². The minimum atomic E-state index is -0.374. The van der Waals surface area contributed by atoms with E-state index in [1.165, 1.54) is 44.3 Å². The molecule has 0 fully saturated rings. The van der Waals surface area contributed by atoms with E-state index >= 15 is 0 Å². The summed E-state index contributed by atoms with van der Waals surface area (Å²) in [6.45, 7) is 27.3. The molecule has 3 aromatic heterocycles. The van der Waals surface area contributed by atoms with Crippen molar-refractivity contribution in [3.8, 4) is 39.9 Å². The van der Waals surface area contributed by atoms with Crippen LogP contribution in [0.4, 0.5) is 0 Å². The number of rotatable bonds is 11. The van der Waals surface area contributed by atoms with Crippen molar-refractivity contribution in [1.29, 1.82) is 0 Å². The van der Waals surface area contributed by atoms with Gasteiger partial charge in [-0.25, -0.2) is 4.98 Å². The monoisotopic (exact) mass is 945 g/mol. The molecule has 0 radical (unpaired) electrons. The van der Waals surface area contributed by atoms with Gasteiger partial charge in [0.1, 0.15) is 17.3 Å². The molecule has 0 saturated carbocycles. The molecule has 5 nitrogen and oxygen atoms in total. The number of aromatic nitrogens is 4. The molecule has 10 aromatic rings. The van der Waals surface area contributed by atoms with Gasteiger partial charge in [-0.05, 0) is 128 Å². The second-order valence-electron chi connectivity index (χ2n) is 23.1. The summed E-state index contributed by atoms with van der Waals surface area (Å²) in [5.74, 6) is 2.66. The van der Waals surface area contributed by atoms with Gasteiger partial charge in [0.2, 0.25) is 0 Å². The standard InChI is InChI=1S/C67H68N4O/c1-45(2)56-28-19-20-29-57(56)62-43-69(52-27-21-26-48(36-52)64(3,4)5)44-70(62)53-37-51(67(11,12)47-24-17-14-18-25-47)38-55(41-53)72-54-31-32-58-59-39-50(66(9,10)46-22-15-13-16-23-46)30-33-60(59)71(61(58)42-54)63-40-49(34-35-68-63)65(6,7)8/h13-43,45H,1-12H3. The van der Waals surface area contributed by atoms with Crippen LogP contribution in [-0.4, -0.2) is 14.1 Å². The lowest BCUT2D eigenvalue weighted by Crippen LogP contribution is -2.29. The van der Waals surface area contributed by atoms with Crippen molar-refractivity contribution < 1.29 is 9.30 Å². The van der Waals surface area contributed by atoms with Crippen molar-refractivity contribution >= 4 is 21.8 Å². The predicted octanol–water partition coefficient (Wildman–Crippen LogP) is 16.9. The average Bonchev–Trinajstić information content (AvgIpc) is 3.96. The number of fused-ring (bicyclic) bond motifs is 3. The summed E-state index contributed by atoms with van der Waals surface area (Å²) in [5.41, 5.74) is 14.3. The maximum absolute atomic E-state index is 7.21. The normalized spacial score (nSPS) is 12.6. The summed E-state index contributed by atoms with van der Waals surface area (Å²) in [6, 6.07) is 63.7. The first-order valence-electron chi connectivity index (χ1n) is 25.5. The summed E-state index contributed by atoms with van der Waals surface area (Å²) in [4.78, 5) is 5.05. The van der Waals surface area contributed by atoms with Crippen molar-refractivity contribution in [3.05, 3.63) is 234 Å². The maximum atomic E-state index is 7.21. The molecule has 0 atom stereocenters. The fourth-order valence-corrected chi connectivity index (χ4v) is 10.3. The summed E-state index contributed by atoms with van der Waals surface area (Å²) in [7, 11) is 0. The van der Waals surface area contributed by atoms with Crippen LogP contribution in [-0.2, 0) is 21.7 Å². The molecule has 10 rings (SSSR count). The SMILES string of the molecule is CC(C)c1ccccc1-c1c[n+](-c2cccc(C(C)(C)C)c2)[c-]n1-c1cc(Oc2ccc3c4cc(C(C)(C)c5ccccc5)ccc4n(-c4cc(C(C)(C)C)ccn4)c3c2)cc(C(C)(C)c2ccccc2)c1. The van der Waals surface area contributed by atoms with E-state index in [1.807, 2.05) is 6.20 Å². The Morgan fingerprint density at radius 1 is 0.500 bits per heavy atom. The molecule has 0 bridgehead atoms. The van der Waals surface area contributed by atoms with E-state index in [-0.39, 0.29) is 21.7 Å². The van der Waals surface area contributed by atoms with E-state index in [2.05, 4.69) is 285 Å². The van der Waals surface area contributed by atoms with Gasteiger partial charge in [0.25, 0.3) is 6.33 Å². The minimum Gasteiger partial charge on any atom is -0.458 e. The topological polar surface area (TPSA) is 35.9 Å². The van der Waals surface area contributed by atoms with Gasteiger partial charge >= 0.3 is 0 Å². The zero-order valence-electron chi connectivity index (χ0n) is 44.2.